The van der Waals surface area contributed by atoms with Crippen LogP contribution in [0.15, 0.2) is 12.4 Å². The number of anilines is 1. The first kappa shape index (κ1) is 11.8. The highest BCUT2D eigenvalue weighted by Gasteiger charge is 2.41. The monoisotopic (exact) mass is 237 g/mol. The van der Waals surface area contributed by atoms with Crippen LogP contribution < -0.4 is 5.32 Å². The van der Waals surface area contributed by atoms with Crippen LogP contribution in [0, 0.1) is 5.41 Å². The predicted molar refractivity (Wildman–Crippen MR) is 60.9 cm³/mol. The molecule has 1 aliphatic rings. The number of hydrogen-bond acceptors (Lipinski definition) is 5. The normalized spacial score (nSPS) is 16.5. The molecule has 6 nitrogen and oxygen atoms in total. The molecule has 1 heterocycles. The van der Waals surface area contributed by atoms with Crippen LogP contribution in [-0.2, 0) is 0 Å². The molecule has 0 aliphatic heterocycles. The average Bonchev–Trinajstić information content (AvgIpc) is 3.10. The van der Waals surface area contributed by atoms with Crippen molar-refractivity contribution in [3.05, 3.63) is 18.1 Å². The van der Waals surface area contributed by atoms with Crippen molar-refractivity contribution in [1.29, 1.82) is 0 Å². The maximum Gasteiger partial charge on any atom is 0.356 e. The van der Waals surface area contributed by atoms with Gasteiger partial charge in [0, 0.05) is 13.2 Å². The van der Waals surface area contributed by atoms with Crippen LogP contribution in [0.3, 0.4) is 0 Å². The van der Waals surface area contributed by atoms with Crippen molar-refractivity contribution in [2.75, 3.05) is 18.5 Å². The van der Waals surface area contributed by atoms with Crippen LogP contribution in [0.1, 0.15) is 29.8 Å². The lowest BCUT2D eigenvalue weighted by Gasteiger charge is -2.11. The summed E-state index contributed by atoms with van der Waals surface area (Å²) in [4.78, 5) is 18.3. The number of rotatable bonds is 6. The summed E-state index contributed by atoms with van der Waals surface area (Å²) < 4.78 is 0. The quantitative estimate of drug-likeness (QED) is 0.675. The van der Waals surface area contributed by atoms with Crippen molar-refractivity contribution < 1.29 is 15.0 Å². The van der Waals surface area contributed by atoms with Gasteiger partial charge in [0.1, 0.15) is 5.82 Å². The summed E-state index contributed by atoms with van der Waals surface area (Å²) in [6.07, 6.45) is 5.68. The third-order valence-corrected chi connectivity index (χ3v) is 3.12. The van der Waals surface area contributed by atoms with E-state index in [0.29, 0.717) is 12.4 Å². The number of aliphatic hydroxyl groups is 1. The van der Waals surface area contributed by atoms with Gasteiger partial charge in [0.25, 0.3) is 0 Å². The number of nitrogens with zero attached hydrogens (tertiary/aromatic N) is 2. The van der Waals surface area contributed by atoms with Gasteiger partial charge in [-0.1, -0.05) is 0 Å². The van der Waals surface area contributed by atoms with Crippen molar-refractivity contribution in [3.8, 4) is 0 Å². The minimum atomic E-state index is -1.08. The number of carboxylic acids is 1. The number of aliphatic hydroxyl groups excluding tert-OH is 1. The molecule has 3 N–H and O–H groups in total. The van der Waals surface area contributed by atoms with Crippen LogP contribution in [0.5, 0.6) is 0 Å². The molecule has 0 bridgehead atoms. The maximum absolute atomic E-state index is 10.6. The Hall–Kier alpha value is -1.69. The van der Waals surface area contributed by atoms with Crippen molar-refractivity contribution >= 4 is 11.8 Å². The van der Waals surface area contributed by atoms with Gasteiger partial charge in [-0.25, -0.2) is 14.8 Å². The number of carboxylic acid groups (broad SMARTS) is 1. The van der Waals surface area contributed by atoms with E-state index in [1.807, 2.05) is 0 Å². The smallest absolute Gasteiger partial charge is 0.356 e. The number of aromatic carboxylic acids is 1. The zero-order valence-corrected chi connectivity index (χ0v) is 9.39. The topological polar surface area (TPSA) is 95.3 Å². The molecular weight excluding hydrogens is 222 g/mol. The van der Waals surface area contributed by atoms with E-state index in [2.05, 4.69) is 15.3 Å². The first-order valence-electron chi connectivity index (χ1n) is 5.55. The highest BCUT2D eigenvalue weighted by Crippen LogP contribution is 2.47. The Bertz CT molecular complexity index is 401. The second-order valence-corrected chi connectivity index (χ2v) is 4.43. The molecule has 1 aliphatic carbocycles. The molecule has 1 aromatic rings. The third-order valence-electron chi connectivity index (χ3n) is 3.12. The Kier molecular flexibility index (Phi) is 3.23. The lowest BCUT2D eigenvalue weighted by Crippen LogP contribution is -2.14. The zero-order valence-electron chi connectivity index (χ0n) is 9.39. The average molecular weight is 237 g/mol. The molecule has 0 saturated heterocycles. The van der Waals surface area contributed by atoms with E-state index in [9.17, 15) is 4.79 Å². The number of aromatic nitrogens is 2. The summed E-state index contributed by atoms with van der Waals surface area (Å²) in [5.74, 6) is -0.523. The van der Waals surface area contributed by atoms with Gasteiger partial charge in [0.2, 0.25) is 0 Å². The molecule has 2 rings (SSSR count). The van der Waals surface area contributed by atoms with Gasteiger partial charge >= 0.3 is 5.97 Å². The van der Waals surface area contributed by atoms with Gasteiger partial charge in [-0.15, -0.1) is 0 Å². The summed E-state index contributed by atoms with van der Waals surface area (Å²) in [7, 11) is 0. The molecule has 17 heavy (non-hydrogen) atoms. The second-order valence-electron chi connectivity index (χ2n) is 4.43. The van der Waals surface area contributed by atoms with Gasteiger partial charge in [-0.3, -0.25) is 0 Å². The molecule has 0 radical (unpaired) electrons. The number of nitrogens with one attached hydrogen (secondary N) is 1. The van der Waals surface area contributed by atoms with Crippen LogP contribution in [0.2, 0.25) is 0 Å². The third kappa shape index (κ3) is 2.91. The van der Waals surface area contributed by atoms with Crippen molar-refractivity contribution in [3.63, 3.8) is 0 Å². The molecule has 6 heteroatoms. The number of hydrogen-bond donors (Lipinski definition) is 3. The van der Waals surface area contributed by atoms with Crippen LogP contribution in [-0.4, -0.2) is 39.3 Å². The SMILES string of the molecule is O=C(O)c1cnc(NCCC2(CO)CC2)cn1. The Morgan fingerprint density at radius 1 is 1.41 bits per heavy atom. The van der Waals surface area contributed by atoms with Gasteiger partial charge in [-0.05, 0) is 24.7 Å². The fraction of sp³-hybridized carbons (Fsp3) is 0.545. The van der Waals surface area contributed by atoms with E-state index in [4.69, 9.17) is 10.2 Å². The standard InChI is InChI=1S/C11H15N3O3/c15-7-11(1-2-11)3-4-12-9-6-13-8(5-14-9)10(16)17/h5-6,15H,1-4,7H2,(H,12,14)(H,16,17). The fourth-order valence-electron chi connectivity index (χ4n) is 1.65. The molecule has 1 aromatic heterocycles. The highest BCUT2D eigenvalue weighted by molar-refractivity contribution is 5.84. The van der Waals surface area contributed by atoms with Gasteiger partial charge in [0.15, 0.2) is 5.69 Å². The Labute approximate surface area is 98.7 Å². The molecule has 0 unspecified atom stereocenters. The summed E-state index contributed by atoms with van der Waals surface area (Å²) >= 11 is 0. The molecule has 0 amide bonds. The molecule has 1 saturated carbocycles. The minimum absolute atomic E-state index is 0.0652. The van der Waals surface area contributed by atoms with E-state index >= 15 is 0 Å². The number of carbonyl (C=O) groups is 1. The molecule has 0 spiro atoms. The molecule has 0 atom stereocenters. The zero-order chi connectivity index (χ0) is 12.3. The van der Waals surface area contributed by atoms with Crippen LogP contribution >= 0.6 is 0 Å². The van der Waals surface area contributed by atoms with Gasteiger partial charge in [0.05, 0.1) is 12.4 Å². The summed E-state index contributed by atoms with van der Waals surface area (Å²) in [5.41, 5.74) is 0.0473. The summed E-state index contributed by atoms with van der Waals surface area (Å²) in [5, 5.41) is 20.8. The molecule has 92 valence electrons. The predicted octanol–water partition coefficient (Wildman–Crippen LogP) is 0.749. The van der Waals surface area contributed by atoms with E-state index in [-0.39, 0.29) is 17.7 Å². The van der Waals surface area contributed by atoms with E-state index < -0.39 is 5.97 Å². The first-order chi connectivity index (χ1) is 8.15. The highest BCUT2D eigenvalue weighted by atomic mass is 16.4. The lowest BCUT2D eigenvalue weighted by atomic mass is 10.0. The van der Waals surface area contributed by atoms with Gasteiger partial charge in [-0.2, -0.15) is 0 Å². The Balaban J connectivity index is 1.81. The second kappa shape index (κ2) is 4.67. The van der Waals surface area contributed by atoms with E-state index in [1.165, 1.54) is 12.4 Å². The Morgan fingerprint density at radius 3 is 2.65 bits per heavy atom. The van der Waals surface area contributed by atoms with E-state index in [0.717, 1.165) is 19.3 Å². The first-order valence-corrected chi connectivity index (χ1v) is 5.55. The molecular formula is C11H15N3O3. The van der Waals surface area contributed by atoms with Gasteiger partial charge < -0.3 is 15.5 Å². The molecule has 1 fully saturated rings. The summed E-state index contributed by atoms with van der Waals surface area (Å²) in [6, 6.07) is 0. The summed E-state index contributed by atoms with van der Waals surface area (Å²) in [6.45, 7) is 0.944. The minimum Gasteiger partial charge on any atom is -0.476 e. The van der Waals surface area contributed by atoms with E-state index in [1.54, 1.807) is 0 Å². The van der Waals surface area contributed by atoms with Crippen molar-refractivity contribution in [2.24, 2.45) is 5.41 Å². The Morgan fingerprint density at radius 2 is 2.18 bits per heavy atom. The lowest BCUT2D eigenvalue weighted by molar-refractivity contribution is 0.0690. The largest absolute Gasteiger partial charge is 0.476 e. The van der Waals surface area contributed by atoms with Crippen LogP contribution in [0.25, 0.3) is 0 Å². The van der Waals surface area contributed by atoms with Crippen LogP contribution in [0.4, 0.5) is 5.82 Å². The van der Waals surface area contributed by atoms with Crippen molar-refractivity contribution in [2.45, 2.75) is 19.3 Å². The van der Waals surface area contributed by atoms with Crippen molar-refractivity contribution in [1.82, 2.24) is 9.97 Å². The fourth-order valence-corrected chi connectivity index (χ4v) is 1.65. The molecule has 0 aromatic carbocycles. The maximum atomic E-state index is 10.6.